The molecule has 0 aliphatic heterocycles. The molecule has 2 heterocycles. The van der Waals surface area contributed by atoms with Crippen LogP contribution in [-0.4, -0.2) is 22.0 Å². The second kappa shape index (κ2) is 6.28. The molecule has 0 saturated carbocycles. The Morgan fingerprint density at radius 1 is 1.36 bits per heavy atom. The molecule has 3 aromatic rings. The summed E-state index contributed by atoms with van der Waals surface area (Å²) in [4.78, 5) is 17.0. The third-order valence-corrected chi connectivity index (χ3v) is 4.76. The predicted molar refractivity (Wildman–Crippen MR) is 88.9 cm³/mol. The van der Waals surface area contributed by atoms with Crippen LogP contribution in [0.4, 0.5) is 0 Å². The maximum atomic E-state index is 11.6. The second-order valence-corrected chi connectivity index (χ2v) is 6.27. The van der Waals surface area contributed by atoms with Crippen molar-refractivity contribution in [2.24, 2.45) is 0 Å². The number of carbonyl (C=O) groups excluding carboxylic acids is 1. The minimum atomic E-state index is -0.244. The lowest BCUT2D eigenvalue weighted by molar-refractivity contribution is -0.142. The number of rotatable bonds is 4. The number of fused-ring (bicyclic) bond motifs is 1. The molecular weight excluding hydrogens is 343 g/mol. The normalized spacial score (nSPS) is 11.0. The summed E-state index contributed by atoms with van der Waals surface area (Å²) in [6.45, 7) is 2.17. The van der Waals surface area contributed by atoms with Gasteiger partial charge in [0.05, 0.1) is 28.8 Å². The molecule has 0 fully saturated rings. The zero-order valence-electron chi connectivity index (χ0n) is 11.7. The van der Waals surface area contributed by atoms with Crippen LogP contribution >= 0.6 is 34.5 Å². The fourth-order valence-corrected chi connectivity index (χ4v) is 3.28. The number of ether oxygens (including phenoxy) is 1. The SMILES string of the molecule is CCOC(=O)Cc1csc2nc(-c3ccc(Cl)c(Cl)c3)cn12. The fourth-order valence-electron chi connectivity index (χ4n) is 2.11. The van der Waals surface area contributed by atoms with E-state index in [1.807, 2.05) is 22.0 Å². The number of nitrogens with zero attached hydrogens (tertiary/aromatic N) is 2. The molecule has 0 N–H and O–H groups in total. The number of halogens is 2. The molecule has 114 valence electrons. The Morgan fingerprint density at radius 2 is 2.18 bits per heavy atom. The molecule has 7 heteroatoms. The van der Waals surface area contributed by atoms with Gasteiger partial charge in [-0.1, -0.05) is 29.3 Å². The molecular formula is C15H12Cl2N2O2S. The van der Waals surface area contributed by atoms with E-state index in [9.17, 15) is 4.79 Å². The van der Waals surface area contributed by atoms with Gasteiger partial charge in [0.2, 0.25) is 0 Å². The third-order valence-electron chi connectivity index (χ3n) is 3.13. The van der Waals surface area contributed by atoms with Crippen molar-refractivity contribution < 1.29 is 9.53 Å². The smallest absolute Gasteiger partial charge is 0.311 e. The molecule has 0 aliphatic carbocycles. The monoisotopic (exact) mass is 354 g/mol. The second-order valence-electron chi connectivity index (χ2n) is 4.62. The van der Waals surface area contributed by atoms with Crippen LogP contribution in [0.15, 0.2) is 29.8 Å². The van der Waals surface area contributed by atoms with Crippen molar-refractivity contribution in [1.82, 2.24) is 9.38 Å². The lowest BCUT2D eigenvalue weighted by Crippen LogP contribution is -2.08. The third kappa shape index (κ3) is 2.97. The summed E-state index contributed by atoms with van der Waals surface area (Å²) in [6, 6.07) is 5.39. The van der Waals surface area contributed by atoms with Crippen LogP contribution in [0.5, 0.6) is 0 Å². The minimum absolute atomic E-state index is 0.227. The standard InChI is InChI=1S/C15H12Cl2N2O2S/c1-2-21-14(20)6-10-8-22-15-18-13(7-19(10)15)9-3-4-11(16)12(17)5-9/h3-5,7-8H,2,6H2,1H3. The van der Waals surface area contributed by atoms with Crippen LogP contribution in [0.3, 0.4) is 0 Å². The van der Waals surface area contributed by atoms with Crippen LogP contribution in [0.1, 0.15) is 12.6 Å². The van der Waals surface area contributed by atoms with E-state index >= 15 is 0 Å². The van der Waals surface area contributed by atoms with E-state index in [1.165, 1.54) is 11.3 Å². The van der Waals surface area contributed by atoms with Crippen molar-refractivity contribution >= 4 is 45.5 Å². The topological polar surface area (TPSA) is 43.6 Å². The van der Waals surface area contributed by atoms with E-state index in [2.05, 4.69) is 4.98 Å². The van der Waals surface area contributed by atoms with Crippen molar-refractivity contribution in [3.05, 3.63) is 45.5 Å². The number of hydrogen-bond acceptors (Lipinski definition) is 4. The number of benzene rings is 1. The van der Waals surface area contributed by atoms with E-state index in [0.717, 1.165) is 21.9 Å². The largest absolute Gasteiger partial charge is 0.466 e. The Hall–Kier alpha value is -1.56. The molecule has 0 amide bonds. The minimum Gasteiger partial charge on any atom is -0.466 e. The summed E-state index contributed by atoms with van der Waals surface area (Å²) >= 11 is 13.5. The van der Waals surface area contributed by atoms with Crippen molar-refractivity contribution in [3.8, 4) is 11.3 Å². The van der Waals surface area contributed by atoms with Crippen molar-refractivity contribution in [2.45, 2.75) is 13.3 Å². The lowest BCUT2D eigenvalue weighted by Gasteiger charge is -2.01. The van der Waals surface area contributed by atoms with Crippen molar-refractivity contribution in [2.75, 3.05) is 6.61 Å². The molecule has 1 aromatic carbocycles. The number of imidazole rings is 1. The first-order valence-corrected chi connectivity index (χ1v) is 8.28. The Kier molecular flexibility index (Phi) is 4.38. The molecule has 0 spiro atoms. The maximum Gasteiger partial charge on any atom is 0.311 e. The molecule has 0 bridgehead atoms. The van der Waals surface area contributed by atoms with Gasteiger partial charge in [0.25, 0.3) is 0 Å². The Labute approximate surface area is 141 Å². The van der Waals surface area contributed by atoms with Gasteiger partial charge in [0.15, 0.2) is 4.96 Å². The predicted octanol–water partition coefficient (Wildman–Crippen LogP) is 4.48. The Bertz CT molecular complexity index is 841. The Balaban J connectivity index is 1.94. The van der Waals surface area contributed by atoms with Crippen molar-refractivity contribution in [1.29, 1.82) is 0 Å². The highest BCUT2D eigenvalue weighted by Crippen LogP contribution is 2.29. The summed E-state index contributed by atoms with van der Waals surface area (Å²) in [5, 5.41) is 2.91. The average molecular weight is 355 g/mol. The lowest BCUT2D eigenvalue weighted by atomic mass is 10.2. The highest BCUT2D eigenvalue weighted by atomic mass is 35.5. The van der Waals surface area contributed by atoms with Gasteiger partial charge in [0, 0.05) is 22.8 Å². The first kappa shape index (κ1) is 15.3. The van der Waals surface area contributed by atoms with E-state index in [4.69, 9.17) is 27.9 Å². The van der Waals surface area contributed by atoms with Gasteiger partial charge in [0.1, 0.15) is 0 Å². The van der Waals surface area contributed by atoms with Crippen LogP contribution in [0.25, 0.3) is 16.2 Å². The molecule has 4 nitrogen and oxygen atoms in total. The summed E-state index contributed by atoms with van der Waals surface area (Å²) in [7, 11) is 0. The summed E-state index contributed by atoms with van der Waals surface area (Å²) < 4.78 is 6.89. The molecule has 0 aliphatic rings. The number of thiazole rings is 1. The number of hydrogen-bond donors (Lipinski definition) is 0. The van der Waals surface area contributed by atoms with Crippen LogP contribution in [0, 0.1) is 0 Å². The maximum absolute atomic E-state index is 11.6. The average Bonchev–Trinajstić information content (AvgIpc) is 3.04. The van der Waals surface area contributed by atoms with E-state index in [1.54, 1.807) is 19.1 Å². The zero-order valence-corrected chi connectivity index (χ0v) is 14.0. The van der Waals surface area contributed by atoms with Gasteiger partial charge >= 0.3 is 5.97 Å². The number of esters is 1. The van der Waals surface area contributed by atoms with Gasteiger partial charge in [-0.15, -0.1) is 11.3 Å². The van der Waals surface area contributed by atoms with Crippen LogP contribution < -0.4 is 0 Å². The number of carbonyl (C=O) groups is 1. The van der Waals surface area contributed by atoms with Gasteiger partial charge in [-0.05, 0) is 19.1 Å². The van der Waals surface area contributed by atoms with Gasteiger partial charge < -0.3 is 4.74 Å². The highest BCUT2D eigenvalue weighted by Gasteiger charge is 2.13. The van der Waals surface area contributed by atoms with E-state index in [0.29, 0.717) is 16.7 Å². The first-order chi connectivity index (χ1) is 10.6. The fraction of sp³-hybridized carbons (Fsp3) is 0.200. The molecule has 0 unspecified atom stereocenters. The molecule has 0 saturated heterocycles. The quantitative estimate of drug-likeness (QED) is 0.649. The summed E-state index contributed by atoms with van der Waals surface area (Å²) in [5.41, 5.74) is 2.53. The molecule has 2 aromatic heterocycles. The van der Waals surface area contributed by atoms with Crippen LogP contribution in [-0.2, 0) is 16.0 Å². The van der Waals surface area contributed by atoms with E-state index < -0.39 is 0 Å². The van der Waals surface area contributed by atoms with Crippen molar-refractivity contribution in [3.63, 3.8) is 0 Å². The van der Waals surface area contributed by atoms with Gasteiger partial charge in [-0.3, -0.25) is 9.20 Å². The molecule has 0 atom stereocenters. The first-order valence-electron chi connectivity index (χ1n) is 6.65. The summed E-state index contributed by atoms with van der Waals surface area (Å²) in [5.74, 6) is -0.244. The van der Waals surface area contributed by atoms with E-state index in [-0.39, 0.29) is 12.4 Å². The molecule has 0 radical (unpaired) electrons. The summed E-state index contributed by atoms with van der Waals surface area (Å²) in [6.07, 6.45) is 2.12. The highest BCUT2D eigenvalue weighted by molar-refractivity contribution is 7.15. The van der Waals surface area contributed by atoms with Crippen LogP contribution in [0.2, 0.25) is 10.0 Å². The molecule has 22 heavy (non-hydrogen) atoms. The van der Waals surface area contributed by atoms with Gasteiger partial charge in [-0.25, -0.2) is 4.98 Å². The molecule has 3 rings (SSSR count). The number of aromatic nitrogens is 2. The Morgan fingerprint density at radius 3 is 2.91 bits per heavy atom. The zero-order chi connectivity index (χ0) is 15.7. The van der Waals surface area contributed by atoms with Gasteiger partial charge in [-0.2, -0.15) is 0 Å².